The van der Waals surface area contributed by atoms with Gasteiger partial charge in [0.05, 0.1) is 4.92 Å². The molecule has 1 fully saturated rings. The van der Waals surface area contributed by atoms with Crippen LogP contribution in [0, 0.1) is 23.0 Å². The monoisotopic (exact) mass is 312 g/mol. The zero-order valence-electron chi connectivity index (χ0n) is 12.4. The molecule has 1 heterocycles. The van der Waals surface area contributed by atoms with E-state index in [-0.39, 0.29) is 22.8 Å². The standard InChI is InChI=1S/C14H21ClN4O2/c1-3-11(10-7-5-4-6-8-10)17-13-12(19(20)21)9(2)16-14(15)18-13/h10-11H,3-8H2,1-2H3,(H,16,17,18). The average Bonchev–Trinajstić information content (AvgIpc) is 2.44. The van der Waals surface area contributed by atoms with Gasteiger partial charge in [-0.1, -0.05) is 26.2 Å². The molecule has 0 radical (unpaired) electrons. The fraction of sp³-hybridized carbons (Fsp3) is 0.714. The molecule has 7 heteroatoms. The van der Waals surface area contributed by atoms with Gasteiger partial charge >= 0.3 is 5.69 Å². The number of aryl methyl sites for hydroxylation is 1. The van der Waals surface area contributed by atoms with Gasteiger partial charge in [-0.15, -0.1) is 0 Å². The van der Waals surface area contributed by atoms with Crippen LogP contribution in [-0.2, 0) is 0 Å². The molecule has 0 saturated heterocycles. The minimum Gasteiger partial charge on any atom is -0.361 e. The largest absolute Gasteiger partial charge is 0.361 e. The molecule has 2 rings (SSSR count). The summed E-state index contributed by atoms with van der Waals surface area (Å²) < 4.78 is 0. The number of aromatic nitrogens is 2. The minimum atomic E-state index is -0.443. The molecular weight excluding hydrogens is 292 g/mol. The number of nitro groups is 1. The molecule has 1 aromatic heterocycles. The lowest BCUT2D eigenvalue weighted by Gasteiger charge is -2.30. The van der Waals surface area contributed by atoms with Crippen molar-refractivity contribution in [2.45, 2.75) is 58.4 Å². The molecule has 1 aromatic rings. The summed E-state index contributed by atoms with van der Waals surface area (Å²) in [5.41, 5.74) is 0.217. The van der Waals surface area contributed by atoms with Crippen molar-refractivity contribution in [3.05, 3.63) is 21.1 Å². The summed E-state index contributed by atoms with van der Waals surface area (Å²) in [6, 6.07) is 0.189. The molecule has 0 bridgehead atoms. The summed E-state index contributed by atoms with van der Waals surface area (Å²) in [7, 11) is 0. The zero-order chi connectivity index (χ0) is 15.4. The smallest absolute Gasteiger partial charge is 0.332 e. The van der Waals surface area contributed by atoms with Crippen molar-refractivity contribution < 1.29 is 4.92 Å². The van der Waals surface area contributed by atoms with E-state index < -0.39 is 4.92 Å². The van der Waals surface area contributed by atoms with Gasteiger partial charge in [0.1, 0.15) is 5.69 Å². The highest BCUT2D eigenvalue weighted by atomic mass is 35.5. The summed E-state index contributed by atoms with van der Waals surface area (Å²) in [5, 5.41) is 14.5. The van der Waals surface area contributed by atoms with Crippen LogP contribution >= 0.6 is 11.6 Å². The van der Waals surface area contributed by atoms with Crippen molar-refractivity contribution in [2.75, 3.05) is 5.32 Å². The SMILES string of the molecule is CCC(Nc1nc(Cl)nc(C)c1[N+](=O)[O-])C1CCCCC1. The number of anilines is 1. The van der Waals surface area contributed by atoms with Crippen molar-refractivity contribution in [1.82, 2.24) is 9.97 Å². The van der Waals surface area contributed by atoms with Crippen molar-refractivity contribution in [1.29, 1.82) is 0 Å². The van der Waals surface area contributed by atoms with E-state index in [2.05, 4.69) is 22.2 Å². The summed E-state index contributed by atoms with van der Waals surface area (Å²) in [6.45, 7) is 3.67. The first-order chi connectivity index (χ1) is 10.0. The zero-order valence-corrected chi connectivity index (χ0v) is 13.2. The van der Waals surface area contributed by atoms with Crippen LogP contribution in [0.1, 0.15) is 51.1 Å². The quantitative estimate of drug-likeness (QED) is 0.502. The molecule has 1 atom stereocenters. The first-order valence-electron chi connectivity index (χ1n) is 7.48. The van der Waals surface area contributed by atoms with E-state index in [9.17, 15) is 10.1 Å². The van der Waals surface area contributed by atoms with E-state index in [1.54, 1.807) is 6.92 Å². The van der Waals surface area contributed by atoms with Crippen LogP contribution < -0.4 is 5.32 Å². The predicted octanol–water partition coefficient (Wildman–Crippen LogP) is 4.12. The van der Waals surface area contributed by atoms with Crippen molar-refractivity contribution >= 4 is 23.1 Å². The van der Waals surface area contributed by atoms with Crippen LogP contribution in [0.5, 0.6) is 0 Å². The maximum absolute atomic E-state index is 11.2. The highest BCUT2D eigenvalue weighted by Crippen LogP contribution is 2.32. The highest BCUT2D eigenvalue weighted by Gasteiger charge is 2.27. The summed E-state index contributed by atoms with van der Waals surface area (Å²) in [4.78, 5) is 18.7. The Balaban J connectivity index is 2.25. The third-order valence-corrected chi connectivity index (χ3v) is 4.36. The van der Waals surface area contributed by atoms with Gasteiger partial charge in [0.2, 0.25) is 11.1 Å². The summed E-state index contributed by atoms with van der Waals surface area (Å²) in [6.07, 6.45) is 6.98. The molecule has 116 valence electrons. The predicted molar refractivity (Wildman–Crippen MR) is 82.7 cm³/mol. The fourth-order valence-corrected chi connectivity index (χ4v) is 3.33. The van der Waals surface area contributed by atoms with Gasteiger partial charge in [-0.3, -0.25) is 10.1 Å². The first kappa shape index (κ1) is 15.9. The van der Waals surface area contributed by atoms with Crippen LogP contribution in [0.25, 0.3) is 0 Å². The Hall–Kier alpha value is -1.43. The van der Waals surface area contributed by atoms with Gasteiger partial charge in [-0.25, -0.2) is 4.98 Å². The van der Waals surface area contributed by atoms with Gasteiger partial charge in [-0.2, -0.15) is 4.98 Å². The van der Waals surface area contributed by atoms with E-state index in [0.717, 1.165) is 19.3 Å². The maximum atomic E-state index is 11.2. The van der Waals surface area contributed by atoms with Crippen LogP contribution in [0.2, 0.25) is 5.28 Å². The van der Waals surface area contributed by atoms with Crippen molar-refractivity contribution in [3.8, 4) is 0 Å². The number of nitrogens with one attached hydrogen (secondary N) is 1. The van der Waals surface area contributed by atoms with E-state index in [1.165, 1.54) is 19.3 Å². The van der Waals surface area contributed by atoms with Crippen LogP contribution in [0.15, 0.2) is 0 Å². The fourth-order valence-electron chi connectivity index (χ4n) is 3.12. The number of hydrogen-bond acceptors (Lipinski definition) is 5. The normalized spacial score (nSPS) is 17.5. The Kier molecular flexibility index (Phi) is 5.33. The molecular formula is C14H21ClN4O2. The van der Waals surface area contributed by atoms with E-state index in [0.29, 0.717) is 11.6 Å². The Morgan fingerprint density at radius 2 is 2.05 bits per heavy atom. The van der Waals surface area contributed by atoms with Gasteiger partial charge < -0.3 is 5.32 Å². The minimum absolute atomic E-state index is 0.0408. The van der Waals surface area contributed by atoms with Crippen LogP contribution in [0.4, 0.5) is 11.5 Å². The lowest BCUT2D eigenvalue weighted by atomic mass is 9.83. The molecule has 1 unspecified atom stereocenters. The van der Waals surface area contributed by atoms with Crippen molar-refractivity contribution in [3.63, 3.8) is 0 Å². The van der Waals surface area contributed by atoms with Crippen LogP contribution in [-0.4, -0.2) is 20.9 Å². The second-order valence-corrected chi connectivity index (χ2v) is 5.93. The average molecular weight is 313 g/mol. The van der Waals surface area contributed by atoms with E-state index >= 15 is 0 Å². The lowest BCUT2D eigenvalue weighted by Crippen LogP contribution is -2.31. The topological polar surface area (TPSA) is 81.0 Å². The summed E-state index contributed by atoms with van der Waals surface area (Å²) in [5.74, 6) is 0.785. The van der Waals surface area contributed by atoms with Gasteiger partial charge in [0, 0.05) is 6.04 Å². The van der Waals surface area contributed by atoms with Gasteiger partial charge in [0.25, 0.3) is 0 Å². The van der Waals surface area contributed by atoms with Gasteiger partial charge in [0.15, 0.2) is 0 Å². The number of rotatable bonds is 5. The van der Waals surface area contributed by atoms with Crippen molar-refractivity contribution in [2.24, 2.45) is 5.92 Å². The lowest BCUT2D eigenvalue weighted by molar-refractivity contribution is -0.385. The number of hydrogen-bond donors (Lipinski definition) is 1. The Bertz CT molecular complexity index is 518. The second-order valence-electron chi connectivity index (χ2n) is 5.59. The molecule has 0 aromatic carbocycles. The Morgan fingerprint density at radius 1 is 1.38 bits per heavy atom. The van der Waals surface area contributed by atoms with E-state index in [1.807, 2.05) is 0 Å². The molecule has 1 saturated carbocycles. The molecule has 1 aliphatic carbocycles. The molecule has 1 N–H and O–H groups in total. The van der Waals surface area contributed by atoms with Gasteiger partial charge in [-0.05, 0) is 43.7 Å². The molecule has 0 aliphatic heterocycles. The first-order valence-corrected chi connectivity index (χ1v) is 7.85. The van der Waals surface area contributed by atoms with Crippen LogP contribution in [0.3, 0.4) is 0 Å². The third kappa shape index (κ3) is 3.81. The maximum Gasteiger partial charge on any atom is 0.332 e. The number of halogens is 1. The second kappa shape index (κ2) is 7.02. The highest BCUT2D eigenvalue weighted by molar-refractivity contribution is 6.28. The molecule has 6 nitrogen and oxygen atoms in total. The Morgan fingerprint density at radius 3 is 2.62 bits per heavy atom. The molecule has 0 spiro atoms. The van der Waals surface area contributed by atoms with E-state index in [4.69, 9.17) is 11.6 Å². The number of nitrogens with zero attached hydrogens (tertiary/aromatic N) is 3. The molecule has 21 heavy (non-hydrogen) atoms. The Labute approximate surface area is 129 Å². The third-order valence-electron chi connectivity index (χ3n) is 4.19. The summed E-state index contributed by atoms with van der Waals surface area (Å²) >= 11 is 5.85. The molecule has 1 aliphatic rings. The molecule has 0 amide bonds.